The molecule has 0 atom stereocenters. The topological polar surface area (TPSA) is 57.8 Å². The van der Waals surface area contributed by atoms with E-state index >= 15 is 0 Å². The molecule has 2 heterocycles. The number of anilines is 1. The van der Waals surface area contributed by atoms with E-state index in [1.165, 1.54) is 0 Å². The highest BCUT2D eigenvalue weighted by molar-refractivity contribution is 7.17. The first-order chi connectivity index (χ1) is 8.33. The quantitative estimate of drug-likeness (QED) is 0.727. The number of carbonyl (C=O) groups is 1. The summed E-state index contributed by atoms with van der Waals surface area (Å²) in [5.41, 5.74) is 1.32. The van der Waals surface area contributed by atoms with Gasteiger partial charge in [0, 0.05) is 16.5 Å². The fourth-order valence-corrected chi connectivity index (χ4v) is 2.45. The molecule has 84 valence electrons. The Morgan fingerprint density at radius 3 is 3.12 bits per heavy atom. The summed E-state index contributed by atoms with van der Waals surface area (Å²) in [6.07, 6.45) is 3.21. The van der Waals surface area contributed by atoms with Gasteiger partial charge in [-0.05, 0) is 29.0 Å². The molecular weight excluding hydrogens is 234 g/mol. The van der Waals surface area contributed by atoms with Crippen LogP contribution in [-0.2, 0) is 0 Å². The Morgan fingerprint density at radius 2 is 2.29 bits per heavy atom. The molecule has 0 aliphatic carbocycles. The van der Waals surface area contributed by atoms with Crippen LogP contribution in [0, 0.1) is 0 Å². The molecule has 4 nitrogen and oxygen atoms in total. The Labute approximate surface area is 101 Å². The molecule has 0 aliphatic rings. The van der Waals surface area contributed by atoms with Crippen LogP contribution in [-0.4, -0.2) is 16.1 Å². The Balaban J connectivity index is 1.90. The van der Waals surface area contributed by atoms with E-state index in [0.717, 1.165) is 10.1 Å². The minimum Gasteiger partial charge on any atom is -0.319 e. The van der Waals surface area contributed by atoms with Gasteiger partial charge < -0.3 is 5.32 Å². The fourth-order valence-electron chi connectivity index (χ4n) is 1.62. The number of hydrogen-bond acceptors (Lipinski definition) is 3. The SMILES string of the molecule is O=C(Nc1cn[nH]c1)c1ccc2ccsc2c1. The maximum Gasteiger partial charge on any atom is 0.255 e. The van der Waals surface area contributed by atoms with Gasteiger partial charge in [0.05, 0.1) is 11.9 Å². The van der Waals surface area contributed by atoms with Crippen LogP contribution in [0.5, 0.6) is 0 Å². The van der Waals surface area contributed by atoms with Crippen LogP contribution in [0.4, 0.5) is 5.69 Å². The van der Waals surface area contributed by atoms with Gasteiger partial charge in [-0.25, -0.2) is 0 Å². The molecule has 0 fully saturated rings. The summed E-state index contributed by atoms with van der Waals surface area (Å²) in [6.45, 7) is 0. The monoisotopic (exact) mass is 243 g/mol. The van der Waals surface area contributed by atoms with E-state index in [2.05, 4.69) is 15.5 Å². The molecule has 0 saturated heterocycles. The molecule has 3 rings (SSSR count). The molecule has 2 aromatic heterocycles. The lowest BCUT2D eigenvalue weighted by Crippen LogP contribution is -2.10. The third kappa shape index (κ3) is 1.92. The van der Waals surface area contributed by atoms with Crippen LogP contribution in [0.2, 0.25) is 0 Å². The summed E-state index contributed by atoms with van der Waals surface area (Å²) in [5, 5.41) is 12.4. The highest BCUT2D eigenvalue weighted by Crippen LogP contribution is 2.22. The minimum absolute atomic E-state index is 0.123. The Kier molecular flexibility index (Phi) is 2.38. The van der Waals surface area contributed by atoms with E-state index in [1.807, 2.05) is 29.6 Å². The number of fused-ring (bicyclic) bond motifs is 1. The number of amides is 1. The molecule has 0 bridgehead atoms. The summed E-state index contributed by atoms with van der Waals surface area (Å²) in [6, 6.07) is 7.72. The number of aromatic amines is 1. The van der Waals surface area contributed by atoms with Crippen molar-refractivity contribution in [3.63, 3.8) is 0 Å². The smallest absolute Gasteiger partial charge is 0.255 e. The molecule has 5 heteroatoms. The number of nitrogens with zero attached hydrogens (tertiary/aromatic N) is 1. The lowest BCUT2D eigenvalue weighted by Gasteiger charge is -2.02. The molecule has 0 spiro atoms. The second-order valence-electron chi connectivity index (χ2n) is 3.61. The Bertz CT molecular complexity index is 657. The van der Waals surface area contributed by atoms with Gasteiger partial charge >= 0.3 is 0 Å². The summed E-state index contributed by atoms with van der Waals surface area (Å²) in [7, 11) is 0. The van der Waals surface area contributed by atoms with Crippen molar-refractivity contribution in [2.45, 2.75) is 0 Å². The van der Waals surface area contributed by atoms with Crippen molar-refractivity contribution in [1.29, 1.82) is 0 Å². The molecule has 0 saturated carbocycles. The third-order valence-electron chi connectivity index (χ3n) is 2.47. The molecule has 0 aliphatic heterocycles. The average Bonchev–Trinajstić information content (AvgIpc) is 2.97. The number of hydrogen-bond donors (Lipinski definition) is 2. The number of nitrogens with one attached hydrogen (secondary N) is 2. The van der Waals surface area contributed by atoms with Crippen molar-refractivity contribution >= 4 is 33.0 Å². The number of aromatic nitrogens is 2. The van der Waals surface area contributed by atoms with E-state index in [9.17, 15) is 4.79 Å². The second-order valence-corrected chi connectivity index (χ2v) is 4.56. The lowest BCUT2D eigenvalue weighted by atomic mass is 10.1. The standard InChI is InChI=1S/C12H9N3OS/c16-12(15-10-6-13-14-7-10)9-2-1-8-3-4-17-11(8)5-9/h1-7H,(H,13,14)(H,15,16). The molecular formula is C12H9N3OS. The van der Waals surface area contributed by atoms with Gasteiger partial charge in [-0.15, -0.1) is 11.3 Å². The predicted octanol–water partition coefficient (Wildman–Crippen LogP) is 2.88. The van der Waals surface area contributed by atoms with Crippen molar-refractivity contribution < 1.29 is 4.79 Å². The average molecular weight is 243 g/mol. The summed E-state index contributed by atoms with van der Waals surface area (Å²) >= 11 is 1.63. The van der Waals surface area contributed by atoms with Gasteiger partial charge in [0.1, 0.15) is 0 Å². The third-order valence-corrected chi connectivity index (χ3v) is 3.35. The highest BCUT2D eigenvalue weighted by atomic mass is 32.1. The van der Waals surface area contributed by atoms with Crippen molar-refractivity contribution in [2.75, 3.05) is 5.32 Å². The maximum atomic E-state index is 11.9. The van der Waals surface area contributed by atoms with Crippen molar-refractivity contribution in [2.24, 2.45) is 0 Å². The molecule has 3 aromatic rings. The molecule has 1 amide bonds. The van der Waals surface area contributed by atoms with Gasteiger partial charge in [-0.2, -0.15) is 5.10 Å². The number of H-pyrrole nitrogens is 1. The normalized spacial score (nSPS) is 10.6. The summed E-state index contributed by atoms with van der Waals surface area (Å²) in [5.74, 6) is -0.123. The summed E-state index contributed by atoms with van der Waals surface area (Å²) < 4.78 is 1.12. The zero-order valence-electron chi connectivity index (χ0n) is 8.81. The van der Waals surface area contributed by atoms with Crippen LogP contribution in [0.15, 0.2) is 42.0 Å². The maximum absolute atomic E-state index is 11.9. The van der Waals surface area contributed by atoms with Crippen LogP contribution < -0.4 is 5.32 Å². The first-order valence-corrected chi connectivity index (χ1v) is 5.98. The number of carbonyl (C=O) groups excluding carboxylic acids is 1. The van der Waals surface area contributed by atoms with Crippen molar-refractivity contribution in [3.05, 3.63) is 47.6 Å². The van der Waals surface area contributed by atoms with E-state index in [4.69, 9.17) is 0 Å². The lowest BCUT2D eigenvalue weighted by molar-refractivity contribution is 0.102. The van der Waals surface area contributed by atoms with Crippen LogP contribution in [0.3, 0.4) is 0 Å². The fraction of sp³-hybridized carbons (Fsp3) is 0. The van der Waals surface area contributed by atoms with Gasteiger partial charge in [-0.1, -0.05) is 6.07 Å². The van der Waals surface area contributed by atoms with Crippen LogP contribution >= 0.6 is 11.3 Å². The van der Waals surface area contributed by atoms with E-state index in [-0.39, 0.29) is 5.91 Å². The van der Waals surface area contributed by atoms with E-state index in [1.54, 1.807) is 23.7 Å². The molecule has 0 radical (unpaired) electrons. The van der Waals surface area contributed by atoms with Crippen LogP contribution in [0.1, 0.15) is 10.4 Å². The Hall–Kier alpha value is -2.14. The molecule has 2 N–H and O–H groups in total. The second kappa shape index (κ2) is 4.03. The molecule has 1 aromatic carbocycles. The van der Waals surface area contributed by atoms with Gasteiger partial charge in [-0.3, -0.25) is 9.89 Å². The van der Waals surface area contributed by atoms with E-state index < -0.39 is 0 Å². The Morgan fingerprint density at radius 1 is 1.35 bits per heavy atom. The first-order valence-electron chi connectivity index (χ1n) is 5.10. The van der Waals surface area contributed by atoms with Crippen molar-refractivity contribution in [1.82, 2.24) is 10.2 Å². The zero-order valence-corrected chi connectivity index (χ0v) is 9.62. The first kappa shape index (κ1) is 10.0. The number of benzene rings is 1. The van der Waals surface area contributed by atoms with Crippen molar-refractivity contribution in [3.8, 4) is 0 Å². The van der Waals surface area contributed by atoms with E-state index in [0.29, 0.717) is 11.3 Å². The van der Waals surface area contributed by atoms with Crippen LogP contribution in [0.25, 0.3) is 10.1 Å². The minimum atomic E-state index is -0.123. The zero-order chi connectivity index (χ0) is 11.7. The molecule has 0 unspecified atom stereocenters. The van der Waals surface area contributed by atoms with Gasteiger partial charge in [0.15, 0.2) is 0 Å². The van der Waals surface area contributed by atoms with Gasteiger partial charge in [0.25, 0.3) is 5.91 Å². The highest BCUT2D eigenvalue weighted by Gasteiger charge is 2.07. The summed E-state index contributed by atoms with van der Waals surface area (Å²) in [4.78, 5) is 11.9. The van der Waals surface area contributed by atoms with Gasteiger partial charge in [0.2, 0.25) is 0 Å². The predicted molar refractivity (Wildman–Crippen MR) is 68.4 cm³/mol. The largest absolute Gasteiger partial charge is 0.319 e. The molecule has 17 heavy (non-hydrogen) atoms. The number of thiophene rings is 1. The number of rotatable bonds is 2.